The molecule has 0 spiro atoms. The predicted molar refractivity (Wildman–Crippen MR) is 199 cm³/mol. The number of phenols is 1. The van der Waals surface area contributed by atoms with E-state index in [0.29, 0.717) is 43.9 Å². The zero-order chi connectivity index (χ0) is 37.3. The van der Waals surface area contributed by atoms with E-state index in [9.17, 15) is 20.1 Å². The molecule has 7 unspecified atom stereocenters. The van der Waals surface area contributed by atoms with Crippen LogP contribution in [0.4, 0.5) is 4.79 Å². The fourth-order valence-electron chi connectivity index (χ4n) is 8.55. The van der Waals surface area contributed by atoms with Crippen LogP contribution in [-0.2, 0) is 19.0 Å². The molecule has 0 bridgehead atoms. The Balaban J connectivity index is 1.73. The number of phenolic OH excluding ortho intramolecular Hbond substituents is 1. The summed E-state index contributed by atoms with van der Waals surface area (Å²) in [6.07, 6.45) is 11.5. The Morgan fingerprint density at radius 3 is 2.58 bits per heavy atom. The lowest BCUT2D eigenvalue weighted by Crippen LogP contribution is -2.70. The number of allylic oxidation sites excluding steroid dienone is 1. The molecule has 2 fully saturated rings. The normalized spacial score (nSPS) is 29.0. The lowest BCUT2D eigenvalue weighted by Gasteiger charge is -2.60. The number of rotatable bonds is 17. The minimum absolute atomic E-state index is 0.0743. The zero-order valence-electron chi connectivity index (χ0n) is 31.8. The molecular weight excluding hydrogens is 664 g/mol. The van der Waals surface area contributed by atoms with Crippen LogP contribution in [0.3, 0.4) is 0 Å². The van der Waals surface area contributed by atoms with E-state index in [-0.39, 0.29) is 61.8 Å². The Labute approximate surface area is 310 Å². The van der Waals surface area contributed by atoms with Crippen molar-refractivity contribution in [2.45, 2.75) is 122 Å². The Kier molecular flexibility index (Phi) is 14.1. The van der Waals surface area contributed by atoms with Gasteiger partial charge >= 0.3 is 6.09 Å². The Morgan fingerprint density at radius 1 is 1.13 bits per heavy atom. The van der Waals surface area contributed by atoms with Gasteiger partial charge < -0.3 is 39.1 Å². The van der Waals surface area contributed by atoms with Gasteiger partial charge in [0.15, 0.2) is 0 Å². The van der Waals surface area contributed by atoms with Crippen LogP contribution in [0.1, 0.15) is 110 Å². The second kappa shape index (κ2) is 18.3. The number of aliphatic hydroxyl groups is 2. The van der Waals surface area contributed by atoms with Crippen molar-refractivity contribution >= 4 is 11.8 Å². The van der Waals surface area contributed by atoms with Gasteiger partial charge in [-0.05, 0) is 86.0 Å². The number of benzene rings is 1. The summed E-state index contributed by atoms with van der Waals surface area (Å²) < 4.78 is 26.0. The second-order valence-corrected chi connectivity index (χ2v) is 16.0. The van der Waals surface area contributed by atoms with Crippen molar-refractivity contribution in [1.82, 2.24) is 4.90 Å². The summed E-state index contributed by atoms with van der Waals surface area (Å²) >= 11 is 0. The van der Waals surface area contributed by atoms with Gasteiger partial charge in [0.05, 0.1) is 31.5 Å². The zero-order valence-corrected chi connectivity index (χ0v) is 31.8. The van der Waals surface area contributed by atoms with Crippen LogP contribution in [-0.4, -0.2) is 89.7 Å². The van der Waals surface area contributed by atoms with Gasteiger partial charge in [0.2, 0.25) is 12.1 Å². The molecule has 7 atom stereocenters. The highest BCUT2D eigenvalue weighted by Crippen LogP contribution is 2.62. The predicted octanol–water partition coefficient (Wildman–Crippen LogP) is 7.45. The highest BCUT2D eigenvalue weighted by molar-refractivity contribution is 6.03. The monoisotopic (exact) mass is 726 g/mol. The third-order valence-corrected chi connectivity index (χ3v) is 10.8. The summed E-state index contributed by atoms with van der Waals surface area (Å²) in [4.78, 5) is 22.2. The van der Waals surface area contributed by atoms with Gasteiger partial charge in [0.25, 0.3) is 0 Å². The quantitative estimate of drug-likeness (QED) is 0.0849. The minimum atomic E-state index is -1.36. The van der Waals surface area contributed by atoms with Gasteiger partial charge in [0.1, 0.15) is 17.5 Å². The number of oxime groups is 1. The Hall–Kier alpha value is -3.12. The maximum atomic E-state index is 14.2. The topological polar surface area (TPSA) is 140 Å². The number of fused-ring (bicyclic) bond motifs is 2. The number of unbranched alkanes of at least 4 members (excludes halogenated alkanes) is 2. The van der Waals surface area contributed by atoms with E-state index in [1.807, 2.05) is 27.7 Å². The number of carbonyl (C=O) groups excluding carboxylic acids is 1. The Morgan fingerprint density at radius 2 is 1.90 bits per heavy atom. The third kappa shape index (κ3) is 9.14. The first-order valence-corrected chi connectivity index (χ1v) is 19.5. The van der Waals surface area contributed by atoms with E-state index < -0.39 is 30.1 Å². The van der Waals surface area contributed by atoms with E-state index >= 15 is 0 Å². The molecule has 11 nitrogen and oxygen atoms in total. The molecule has 52 heavy (non-hydrogen) atoms. The molecule has 2 heterocycles. The van der Waals surface area contributed by atoms with Crippen molar-refractivity contribution in [2.75, 3.05) is 39.6 Å². The van der Waals surface area contributed by atoms with Crippen LogP contribution in [0.15, 0.2) is 47.7 Å². The molecule has 1 saturated heterocycles. The smallest absolute Gasteiger partial charge is 0.410 e. The van der Waals surface area contributed by atoms with Crippen LogP contribution in [0.5, 0.6) is 11.5 Å². The molecule has 5 rings (SSSR count). The van der Waals surface area contributed by atoms with E-state index in [0.717, 1.165) is 56.1 Å². The fraction of sp³-hybridized carbons (Fsp3) is 0.707. The highest BCUT2D eigenvalue weighted by atomic mass is 16.8. The van der Waals surface area contributed by atoms with E-state index in [1.54, 1.807) is 29.2 Å². The first-order valence-electron chi connectivity index (χ1n) is 19.5. The molecule has 1 saturated carbocycles. The summed E-state index contributed by atoms with van der Waals surface area (Å²) in [6, 6.07) is 4.57. The highest BCUT2D eigenvalue weighted by Gasteiger charge is 2.65. The SMILES string of the molecule is C=CCOC12Oc3ccc(O)cc3C3C(CCCCO)C(CCCCO)C=C(C(=NOC4CCCCO4)CC1N(CCC)C(=O)OCC(C)(C)C)C32. The summed E-state index contributed by atoms with van der Waals surface area (Å²) in [5, 5.41) is 35.3. The van der Waals surface area contributed by atoms with Gasteiger partial charge in [-0.15, -0.1) is 6.58 Å². The van der Waals surface area contributed by atoms with Gasteiger partial charge in [-0.3, -0.25) is 4.90 Å². The number of carbonyl (C=O) groups is 1. The molecule has 290 valence electrons. The molecule has 11 heteroatoms. The number of aromatic hydroxyl groups is 1. The van der Waals surface area contributed by atoms with Crippen molar-refractivity contribution < 1.29 is 43.9 Å². The van der Waals surface area contributed by atoms with Gasteiger partial charge in [-0.25, -0.2) is 4.79 Å². The lowest BCUT2D eigenvalue weighted by atomic mass is 9.55. The van der Waals surface area contributed by atoms with Crippen LogP contribution in [0.2, 0.25) is 0 Å². The van der Waals surface area contributed by atoms with E-state index in [1.165, 1.54) is 0 Å². The maximum Gasteiger partial charge on any atom is 0.410 e. The summed E-state index contributed by atoms with van der Waals surface area (Å²) in [5.74, 6) is -1.10. The number of nitrogens with zero attached hydrogens (tertiary/aromatic N) is 2. The maximum absolute atomic E-state index is 14.2. The molecule has 0 aromatic heterocycles. The average Bonchev–Trinajstić information content (AvgIpc) is 3.13. The standard InChI is InChI=1S/C41H62N2O9/c1-6-19-43(39(47)49-27-40(3,4)5)35-26-33(42-52-36-16-10-13-23-48-36)31-24-28(14-8-11-20-44)30(15-9-12-21-45)37-32-25-29(46)17-18-34(32)51-41(35,38(31)37)50-22-7-2/h7,17-18,24-25,28,30,35-38,44-46H,2,6,8-16,19-23,26-27H2,1,3-5H3. The van der Waals surface area contributed by atoms with Gasteiger partial charge in [-0.2, -0.15) is 0 Å². The fourth-order valence-corrected chi connectivity index (χ4v) is 8.55. The number of amides is 1. The molecule has 2 aliphatic heterocycles. The van der Waals surface area contributed by atoms with Crippen LogP contribution in [0.25, 0.3) is 0 Å². The summed E-state index contributed by atoms with van der Waals surface area (Å²) in [5.41, 5.74) is 2.30. The van der Waals surface area contributed by atoms with Crippen molar-refractivity contribution in [2.24, 2.45) is 28.3 Å². The molecule has 1 amide bonds. The van der Waals surface area contributed by atoms with Gasteiger partial charge in [-0.1, -0.05) is 57.8 Å². The number of hydrogen-bond acceptors (Lipinski definition) is 10. The largest absolute Gasteiger partial charge is 0.508 e. The van der Waals surface area contributed by atoms with Crippen LogP contribution < -0.4 is 4.74 Å². The first-order chi connectivity index (χ1) is 25.1. The molecular formula is C41H62N2O9. The lowest BCUT2D eigenvalue weighted by molar-refractivity contribution is -0.255. The van der Waals surface area contributed by atoms with Crippen LogP contribution in [0, 0.1) is 23.2 Å². The average molecular weight is 727 g/mol. The first kappa shape index (κ1) is 40.1. The van der Waals surface area contributed by atoms with E-state index in [2.05, 4.69) is 12.7 Å². The summed E-state index contributed by atoms with van der Waals surface area (Å²) in [6.45, 7) is 13.8. The van der Waals surface area contributed by atoms with Crippen molar-refractivity contribution in [3.63, 3.8) is 0 Å². The second-order valence-electron chi connectivity index (χ2n) is 16.0. The molecule has 1 aromatic carbocycles. The van der Waals surface area contributed by atoms with Crippen molar-refractivity contribution in [3.05, 3.63) is 48.1 Å². The number of aliphatic hydroxyl groups excluding tert-OH is 2. The molecule has 3 N–H and O–H groups in total. The molecule has 4 aliphatic rings. The van der Waals surface area contributed by atoms with Crippen molar-refractivity contribution in [3.8, 4) is 11.5 Å². The summed E-state index contributed by atoms with van der Waals surface area (Å²) in [7, 11) is 0. The molecule has 0 radical (unpaired) electrons. The number of hydrogen-bond donors (Lipinski definition) is 3. The van der Waals surface area contributed by atoms with E-state index in [4.69, 9.17) is 28.9 Å². The third-order valence-electron chi connectivity index (χ3n) is 10.8. The van der Waals surface area contributed by atoms with Crippen LogP contribution >= 0.6 is 0 Å². The van der Waals surface area contributed by atoms with Gasteiger partial charge in [0, 0.05) is 44.1 Å². The number of ether oxygens (including phenoxy) is 4. The Bertz CT molecular complexity index is 1400. The van der Waals surface area contributed by atoms with Crippen molar-refractivity contribution in [1.29, 1.82) is 0 Å². The molecule has 2 aliphatic carbocycles. The minimum Gasteiger partial charge on any atom is -0.508 e. The molecule has 1 aromatic rings.